The van der Waals surface area contributed by atoms with Crippen LogP contribution in [0, 0.1) is 30.1 Å². The number of aliphatic hydroxyl groups excluding tert-OH is 1. The number of hydrogen-bond donors (Lipinski definition) is 1. The van der Waals surface area contributed by atoms with Crippen LogP contribution in [0.3, 0.4) is 0 Å². The largest absolute Gasteiger partial charge is 0.392 e. The number of aliphatic hydroxyl groups is 1. The summed E-state index contributed by atoms with van der Waals surface area (Å²) in [6.07, 6.45) is 12.6. The maximum absolute atomic E-state index is 10.0. The first kappa shape index (κ1) is 9.09. The van der Waals surface area contributed by atoms with Crippen LogP contribution in [0.4, 0.5) is 0 Å². The van der Waals surface area contributed by atoms with Gasteiger partial charge in [-0.15, -0.1) is 12.3 Å². The molecular weight excluding hydrogens is 160 g/mol. The lowest BCUT2D eigenvalue weighted by molar-refractivity contribution is -0.0136. The Hall–Kier alpha value is -0.480. The maximum atomic E-state index is 10.0. The van der Waals surface area contributed by atoms with Crippen LogP contribution in [0.25, 0.3) is 0 Å². The number of rotatable bonds is 0. The maximum Gasteiger partial charge on any atom is 0.0708 e. The van der Waals surface area contributed by atoms with Crippen molar-refractivity contribution in [3.8, 4) is 12.3 Å². The van der Waals surface area contributed by atoms with Gasteiger partial charge in [0.05, 0.1) is 6.10 Å². The third-order valence-electron chi connectivity index (χ3n) is 3.88. The quantitative estimate of drug-likeness (QED) is 0.564. The Morgan fingerprint density at radius 3 is 2.62 bits per heavy atom. The van der Waals surface area contributed by atoms with E-state index in [2.05, 4.69) is 5.92 Å². The summed E-state index contributed by atoms with van der Waals surface area (Å²) in [6, 6.07) is 0. The molecule has 0 saturated heterocycles. The Labute approximate surface area is 80.5 Å². The first-order valence-electron chi connectivity index (χ1n) is 5.47. The molecule has 0 amide bonds. The van der Waals surface area contributed by atoms with Crippen molar-refractivity contribution in [2.24, 2.45) is 17.8 Å². The van der Waals surface area contributed by atoms with Crippen LogP contribution in [-0.2, 0) is 0 Å². The highest BCUT2D eigenvalue weighted by molar-refractivity contribution is 5.02. The molecule has 0 aliphatic heterocycles. The molecule has 1 nitrogen and oxygen atoms in total. The molecule has 0 bridgehead atoms. The second-order valence-electron chi connectivity index (χ2n) is 4.55. The van der Waals surface area contributed by atoms with E-state index in [1.807, 2.05) is 0 Å². The third kappa shape index (κ3) is 1.60. The molecule has 4 atom stereocenters. The van der Waals surface area contributed by atoms with E-state index in [1.54, 1.807) is 0 Å². The van der Waals surface area contributed by atoms with Crippen molar-refractivity contribution in [1.29, 1.82) is 0 Å². The number of hydrogen-bond acceptors (Lipinski definition) is 1. The lowest BCUT2D eigenvalue weighted by Crippen LogP contribution is -2.40. The van der Waals surface area contributed by atoms with E-state index in [0.29, 0.717) is 5.92 Å². The standard InChI is InChI=1S/C12H18O/c1-2-9-7-8-10-5-3-4-6-11(10)12(9)13/h1,9-13H,3-8H2. The molecular formula is C12H18O. The molecule has 1 heteroatoms. The summed E-state index contributed by atoms with van der Waals surface area (Å²) in [4.78, 5) is 0. The average molecular weight is 178 g/mol. The minimum absolute atomic E-state index is 0.138. The van der Waals surface area contributed by atoms with E-state index in [0.717, 1.165) is 12.3 Å². The topological polar surface area (TPSA) is 20.2 Å². The highest BCUT2D eigenvalue weighted by atomic mass is 16.3. The normalized spacial score (nSPS) is 44.9. The van der Waals surface area contributed by atoms with Crippen molar-refractivity contribution >= 4 is 0 Å². The molecule has 0 spiro atoms. The Morgan fingerprint density at radius 1 is 1.08 bits per heavy atom. The van der Waals surface area contributed by atoms with Gasteiger partial charge in [0.15, 0.2) is 0 Å². The molecule has 2 saturated carbocycles. The van der Waals surface area contributed by atoms with E-state index < -0.39 is 0 Å². The second-order valence-corrected chi connectivity index (χ2v) is 4.55. The van der Waals surface area contributed by atoms with E-state index >= 15 is 0 Å². The highest BCUT2D eigenvalue weighted by Gasteiger charge is 2.38. The van der Waals surface area contributed by atoms with Gasteiger partial charge in [0.2, 0.25) is 0 Å². The molecule has 2 aliphatic carbocycles. The molecule has 0 heterocycles. The zero-order valence-electron chi connectivity index (χ0n) is 8.08. The molecule has 1 N–H and O–H groups in total. The molecule has 13 heavy (non-hydrogen) atoms. The third-order valence-corrected chi connectivity index (χ3v) is 3.88. The van der Waals surface area contributed by atoms with E-state index in [9.17, 15) is 5.11 Å². The Morgan fingerprint density at radius 2 is 1.85 bits per heavy atom. The zero-order valence-corrected chi connectivity index (χ0v) is 8.08. The molecule has 4 unspecified atom stereocenters. The summed E-state index contributed by atoms with van der Waals surface area (Å²) in [5.74, 6) is 4.16. The average Bonchev–Trinajstić information content (AvgIpc) is 2.19. The fourth-order valence-corrected chi connectivity index (χ4v) is 3.09. The van der Waals surface area contributed by atoms with Crippen molar-refractivity contribution < 1.29 is 5.11 Å². The van der Waals surface area contributed by atoms with E-state index in [-0.39, 0.29) is 12.0 Å². The molecule has 0 aromatic heterocycles. The molecule has 2 rings (SSSR count). The molecule has 0 aromatic carbocycles. The van der Waals surface area contributed by atoms with Crippen LogP contribution in [0.1, 0.15) is 38.5 Å². The van der Waals surface area contributed by atoms with Crippen molar-refractivity contribution in [2.75, 3.05) is 0 Å². The predicted octanol–water partition coefficient (Wildman–Crippen LogP) is 2.20. The van der Waals surface area contributed by atoms with Crippen LogP contribution in [0.2, 0.25) is 0 Å². The SMILES string of the molecule is C#CC1CCC2CCCCC2C1O. The fraction of sp³-hybridized carbons (Fsp3) is 0.833. The van der Waals surface area contributed by atoms with Gasteiger partial charge >= 0.3 is 0 Å². The van der Waals surface area contributed by atoms with Gasteiger partial charge < -0.3 is 5.11 Å². The van der Waals surface area contributed by atoms with Gasteiger partial charge in [0.25, 0.3) is 0 Å². The summed E-state index contributed by atoms with van der Waals surface area (Å²) in [6.45, 7) is 0. The molecule has 2 aliphatic rings. The van der Waals surface area contributed by atoms with Gasteiger partial charge in [-0.05, 0) is 31.1 Å². The fourth-order valence-electron chi connectivity index (χ4n) is 3.09. The monoisotopic (exact) mass is 178 g/mol. The number of terminal acetylenes is 1. The van der Waals surface area contributed by atoms with Gasteiger partial charge in [0.1, 0.15) is 0 Å². The van der Waals surface area contributed by atoms with Gasteiger partial charge in [-0.25, -0.2) is 0 Å². The van der Waals surface area contributed by atoms with Crippen molar-refractivity contribution in [2.45, 2.75) is 44.6 Å². The zero-order chi connectivity index (χ0) is 9.26. The van der Waals surface area contributed by atoms with Crippen LogP contribution >= 0.6 is 0 Å². The summed E-state index contributed by atoms with van der Waals surface area (Å²) in [5.41, 5.74) is 0. The molecule has 72 valence electrons. The van der Waals surface area contributed by atoms with E-state index in [1.165, 1.54) is 32.1 Å². The summed E-state index contributed by atoms with van der Waals surface area (Å²) >= 11 is 0. The summed E-state index contributed by atoms with van der Waals surface area (Å²) < 4.78 is 0. The van der Waals surface area contributed by atoms with Gasteiger partial charge in [-0.1, -0.05) is 19.3 Å². The lowest BCUT2D eigenvalue weighted by atomic mass is 9.66. The van der Waals surface area contributed by atoms with E-state index in [4.69, 9.17) is 6.42 Å². The minimum atomic E-state index is -0.205. The Kier molecular flexibility index (Phi) is 2.60. The van der Waals surface area contributed by atoms with Gasteiger partial charge in [-0.3, -0.25) is 0 Å². The van der Waals surface area contributed by atoms with Gasteiger partial charge in [0, 0.05) is 5.92 Å². The smallest absolute Gasteiger partial charge is 0.0708 e. The minimum Gasteiger partial charge on any atom is -0.392 e. The van der Waals surface area contributed by atoms with Crippen LogP contribution in [0.15, 0.2) is 0 Å². The van der Waals surface area contributed by atoms with Gasteiger partial charge in [-0.2, -0.15) is 0 Å². The Bertz CT molecular complexity index is 216. The predicted molar refractivity (Wildman–Crippen MR) is 53.0 cm³/mol. The summed E-state index contributed by atoms with van der Waals surface area (Å²) in [7, 11) is 0. The first-order valence-corrected chi connectivity index (χ1v) is 5.47. The molecule has 0 aromatic rings. The van der Waals surface area contributed by atoms with Crippen molar-refractivity contribution in [3.05, 3.63) is 0 Å². The molecule has 0 radical (unpaired) electrons. The molecule has 2 fully saturated rings. The van der Waals surface area contributed by atoms with Crippen LogP contribution in [-0.4, -0.2) is 11.2 Å². The lowest BCUT2D eigenvalue weighted by Gasteiger charge is -2.41. The van der Waals surface area contributed by atoms with Crippen molar-refractivity contribution in [3.63, 3.8) is 0 Å². The van der Waals surface area contributed by atoms with Crippen molar-refractivity contribution in [1.82, 2.24) is 0 Å². The second kappa shape index (κ2) is 3.72. The van der Waals surface area contributed by atoms with Crippen LogP contribution in [0.5, 0.6) is 0 Å². The van der Waals surface area contributed by atoms with Crippen LogP contribution < -0.4 is 0 Å². The highest BCUT2D eigenvalue weighted by Crippen LogP contribution is 2.42. The Balaban J connectivity index is 2.06. The number of fused-ring (bicyclic) bond motifs is 1. The first-order chi connectivity index (χ1) is 6.33. The summed E-state index contributed by atoms with van der Waals surface area (Å²) in [5, 5.41) is 10.0.